The number of rotatable bonds is 5. The lowest BCUT2D eigenvalue weighted by atomic mass is 10.1. The van der Waals surface area contributed by atoms with E-state index in [1.54, 1.807) is 0 Å². The number of hydrogen-bond acceptors (Lipinski definition) is 3. The molecule has 0 spiro atoms. The van der Waals surface area contributed by atoms with E-state index < -0.39 is 0 Å². The average Bonchev–Trinajstić information content (AvgIpc) is 2.51. The lowest BCUT2D eigenvalue weighted by Crippen LogP contribution is -2.26. The summed E-state index contributed by atoms with van der Waals surface area (Å²) in [6, 6.07) is 15.4. The third-order valence-electron chi connectivity index (χ3n) is 2.89. The average molecular weight is 425 g/mol. The minimum Gasteiger partial charge on any atom is -0.376 e. The van der Waals surface area contributed by atoms with Gasteiger partial charge in [-0.2, -0.15) is 5.10 Å². The summed E-state index contributed by atoms with van der Waals surface area (Å²) in [7, 11) is 0. The largest absolute Gasteiger partial charge is 0.376 e. The van der Waals surface area contributed by atoms with Crippen LogP contribution < -0.4 is 10.7 Å². The molecular weight excluding hydrogens is 410 g/mol. The SMILES string of the molecule is C/C(=N/NC(=O)CNc1cccc(Br)c1)c1ccc(Br)cc1. The molecule has 114 valence electrons. The van der Waals surface area contributed by atoms with Gasteiger partial charge in [-0.25, -0.2) is 5.43 Å². The van der Waals surface area contributed by atoms with Gasteiger partial charge in [-0.05, 0) is 42.8 Å². The number of halogens is 2. The number of nitrogens with one attached hydrogen (secondary N) is 2. The lowest BCUT2D eigenvalue weighted by Gasteiger charge is -2.06. The highest BCUT2D eigenvalue weighted by Gasteiger charge is 2.02. The van der Waals surface area contributed by atoms with Gasteiger partial charge >= 0.3 is 0 Å². The monoisotopic (exact) mass is 423 g/mol. The first kappa shape index (κ1) is 16.7. The molecule has 0 saturated carbocycles. The molecule has 0 bridgehead atoms. The van der Waals surface area contributed by atoms with E-state index in [0.717, 1.165) is 25.9 Å². The van der Waals surface area contributed by atoms with Crippen LogP contribution in [0.2, 0.25) is 0 Å². The van der Waals surface area contributed by atoms with Crippen molar-refractivity contribution in [1.29, 1.82) is 0 Å². The van der Waals surface area contributed by atoms with Crippen molar-refractivity contribution in [2.45, 2.75) is 6.92 Å². The minimum atomic E-state index is -0.198. The van der Waals surface area contributed by atoms with Crippen molar-refractivity contribution >= 4 is 49.2 Å². The number of benzene rings is 2. The van der Waals surface area contributed by atoms with Crippen molar-refractivity contribution in [3.8, 4) is 0 Å². The Morgan fingerprint density at radius 2 is 1.82 bits per heavy atom. The Labute approximate surface area is 146 Å². The van der Waals surface area contributed by atoms with Crippen molar-refractivity contribution in [2.24, 2.45) is 5.10 Å². The van der Waals surface area contributed by atoms with Crippen molar-refractivity contribution in [3.63, 3.8) is 0 Å². The zero-order valence-corrected chi connectivity index (χ0v) is 15.1. The molecule has 0 aromatic heterocycles. The predicted molar refractivity (Wildman–Crippen MR) is 97.1 cm³/mol. The topological polar surface area (TPSA) is 53.5 Å². The first-order valence-corrected chi connectivity index (χ1v) is 8.22. The van der Waals surface area contributed by atoms with Crippen molar-refractivity contribution in [1.82, 2.24) is 5.43 Å². The van der Waals surface area contributed by atoms with Gasteiger partial charge in [0.2, 0.25) is 0 Å². The number of amides is 1. The van der Waals surface area contributed by atoms with Gasteiger partial charge < -0.3 is 5.32 Å². The second-order valence-corrected chi connectivity index (χ2v) is 6.43. The molecule has 0 radical (unpaired) electrons. The number of carbonyl (C=O) groups excluding carboxylic acids is 1. The first-order chi connectivity index (χ1) is 10.5. The molecule has 2 N–H and O–H groups in total. The van der Waals surface area contributed by atoms with Crippen LogP contribution in [-0.2, 0) is 4.79 Å². The first-order valence-electron chi connectivity index (χ1n) is 6.63. The van der Waals surface area contributed by atoms with Gasteiger partial charge in [0.25, 0.3) is 5.91 Å². The summed E-state index contributed by atoms with van der Waals surface area (Å²) in [6.45, 7) is 2.01. The van der Waals surface area contributed by atoms with E-state index in [9.17, 15) is 4.79 Å². The minimum absolute atomic E-state index is 0.160. The molecule has 4 nitrogen and oxygen atoms in total. The fourth-order valence-corrected chi connectivity index (χ4v) is 2.39. The van der Waals surface area contributed by atoms with Crippen LogP contribution in [0.1, 0.15) is 12.5 Å². The maximum Gasteiger partial charge on any atom is 0.259 e. The Morgan fingerprint density at radius 3 is 2.50 bits per heavy atom. The van der Waals surface area contributed by atoms with Crippen molar-refractivity contribution in [2.75, 3.05) is 11.9 Å². The highest BCUT2D eigenvalue weighted by molar-refractivity contribution is 9.10. The third kappa shape index (κ3) is 5.27. The van der Waals surface area contributed by atoms with Crippen LogP contribution in [-0.4, -0.2) is 18.2 Å². The molecule has 6 heteroatoms. The summed E-state index contributed by atoms with van der Waals surface area (Å²) in [5, 5.41) is 7.15. The maximum atomic E-state index is 11.8. The number of nitrogens with zero attached hydrogens (tertiary/aromatic N) is 1. The van der Waals surface area contributed by atoms with E-state index >= 15 is 0 Å². The molecule has 2 aromatic rings. The summed E-state index contributed by atoms with van der Waals surface area (Å²) < 4.78 is 1.97. The Morgan fingerprint density at radius 1 is 1.09 bits per heavy atom. The molecule has 0 atom stereocenters. The smallest absolute Gasteiger partial charge is 0.259 e. The van der Waals surface area contributed by atoms with Crippen LogP contribution in [0.3, 0.4) is 0 Å². The molecule has 0 aliphatic heterocycles. The van der Waals surface area contributed by atoms with E-state index in [1.165, 1.54) is 0 Å². The highest BCUT2D eigenvalue weighted by atomic mass is 79.9. The van der Waals surface area contributed by atoms with Crippen LogP contribution in [0.15, 0.2) is 62.6 Å². The van der Waals surface area contributed by atoms with Crippen LogP contribution in [0.5, 0.6) is 0 Å². The summed E-state index contributed by atoms with van der Waals surface area (Å²) in [4.78, 5) is 11.8. The van der Waals surface area contributed by atoms with E-state index in [2.05, 4.69) is 47.7 Å². The fraction of sp³-hybridized carbons (Fsp3) is 0.125. The number of hydrazone groups is 1. The highest BCUT2D eigenvalue weighted by Crippen LogP contribution is 2.15. The van der Waals surface area contributed by atoms with Gasteiger partial charge in [-0.3, -0.25) is 4.79 Å². The number of carbonyl (C=O) groups is 1. The molecule has 2 rings (SSSR count). The Balaban J connectivity index is 1.86. The predicted octanol–water partition coefficient (Wildman–Crippen LogP) is 4.16. The summed E-state index contributed by atoms with van der Waals surface area (Å²) in [5.41, 5.74) is 5.13. The fourth-order valence-electron chi connectivity index (χ4n) is 1.72. The zero-order valence-electron chi connectivity index (χ0n) is 11.9. The van der Waals surface area contributed by atoms with Crippen LogP contribution in [0.25, 0.3) is 0 Å². The second-order valence-electron chi connectivity index (χ2n) is 4.60. The zero-order chi connectivity index (χ0) is 15.9. The van der Waals surface area contributed by atoms with E-state index in [1.807, 2.05) is 55.5 Å². The molecule has 0 saturated heterocycles. The van der Waals surface area contributed by atoms with Gasteiger partial charge in [-0.1, -0.05) is 50.1 Å². The molecule has 0 aliphatic carbocycles. The Hall–Kier alpha value is -1.66. The van der Waals surface area contributed by atoms with Gasteiger partial charge in [0.05, 0.1) is 12.3 Å². The van der Waals surface area contributed by atoms with Crippen molar-refractivity contribution < 1.29 is 4.79 Å². The van der Waals surface area contributed by atoms with Crippen LogP contribution in [0, 0.1) is 0 Å². The van der Waals surface area contributed by atoms with Crippen LogP contribution in [0.4, 0.5) is 5.69 Å². The van der Waals surface area contributed by atoms with E-state index in [4.69, 9.17) is 0 Å². The molecule has 0 fully saturated rings. The molecule has 0 heterocycles. The molecule has 0 unspecified atom stereocenters. The Bertz CT molecular complexity index is 684. The standard InChI is InChI=1S/C16H15Br2N3O/c1-11(12-5-7-13(17)8-6-12)20-21-16(22)10-19-15-4-2-3-14(18)9-15/h2-9,19H,10H2,1H3,(H,21,22)/b20-11-. The quantitative estimate of drug-likeness (QED) is 0.559. The van der Waals surface area contributed by atoms with Gasteiger partial charge in [0, 0.05) is 14.6 Å². The summed E-state index contributed by atoms with van der Waals surface area (Å²) in [5.74, 6) is -0.198. The maximum absolute atomic E-state index is 11.8. The number of hydrogen-bond donors (Lipinski definition) is 2. The normalized spacial score (nSPS) is 11.1. The van der Waals surface area contributed by atoms with Crippen molar-refractivity contribution in [3.05, 3.63) is 63.0 Å². The van der Waals surface area contributed by atoms with Gasteiger partial charge in [-0.15, -0.1) is 0 Å². The Kier molecular flexibility index (Phi) is 6.15. The molecule has 2 aromatic carbocycles. The van der Waals surface area contributed by atoms with Gasteiger partial charge in [0.15, 0.2) is 0 Å². The summed E-state index contributed by atoms with van der Waals surface area (Å²) in [6.07, 6.45) is 0. The van der Waals surface area contributed by atoms with E-state index in [0.29, 0.717) is 0 Å². The molecule has 0 aliphatic rings. The number of anilines is 1. The van der Waals surface area contributed by atoms with E-state index in [-0.39, 0.29) is 12.5 Å². The molecular formula is C16H15Br2N3O. The molecule has 22 heavy (non-hydrogen) atoms. The molecule has 1 amide bonds. The van der Waals surface area contributed by atoms with Gasteiger partial charge in [0.1, 0.15) is 0 Å². The summed E-state index contributed by atoms with van der Waals surface area (Å²) >= 11 is 6.77. The second kappa shape index (κ2) is 8.10. The third-order valence-corrected chi connectivity index (χ3v) is 3.91. The van der Waals surface area contributed by atoms with Crippen LogP contribution >= 0.6 is 31.9 Å². The lowest BCUT2D eigenvalue weighted by molar-refractivity contribution is -0.119.